The van der Waals surface area contributed by atoms with Crippen LogP contribution in [0.15, 0.2) is 0 Å². The SMILES string of the molecule is C1CCCC1.CCCCC. The van der Waals surface area contributed by atoms with Gasteiger partial charge in [0.25, 0.3) is 0 Å². The van der Waals surface area contributed by atoms with Gasteiger partial charge in [-0.25, -0.2) is 0 Å². The summed E-state index contributed by atoms with van der Waals surface area (Å²) in [5, 5.41) is 0. The third-order valence-corrected chi connectivity index (χ3v) is 1.96. The first kappa shape index (κ1) is 10.0. The average Bonchev–Trinajstić information content (AvgIpc) is 2.44. The predicted molar refractivity (Wildman–Crippen MR) is 48.3 cm³/mol. The van der Waals surface area contributed by atoms with Crippen LogP contribution in [0.4, 0.5) is 0 Å². The second-order valence-corrected chi connectivity index (χ2v) is 3.12. The Hall–Kier alpha value is 0. The van der Waals surface area contributed by atoms with E-state index in [0.29, 0.717) is 0 Å². The van der Waals surface area contributed by atoms with Crippen LogP contribution in [0.25, 0.3) is 0 Å². The van der Waals surface area contributed by atoms with Crippen LogP contribution in [0.5, 0.6) is 0 Å². The Bertz CT molecular complexity index is 34.4. The first-order chi connectivity index (χ1) is 4.91. The standard InChI is InChI=1S/C5H10.C5H12/c1-2-4-5-3-1;1-3-5-4-2/h1-5H2;3-5H2,1-2H3. The lowest BCUT2D eigenvalue weighted by Gasteiger charge is -1.79. The molecule has 1 aliphatic carbocycles. The van der Waals surface area contributed by atoms with E-state index in [1.54, 1.807) is 0 Å². The van der Waals surface area contributed by atoms with Crippen molar-refractivity contribution in [2.45, 2.75) is 65.2 Å². The van der Waals surface area contributed by atoms with Gasteiger partial charge in [0.2, 0.25) is 0 Å². The lowest BCUT2D eigenvalue weighted by atomic mass is 10.3. The van der Waals surface area contributed by atoms with Crippen molar-refractivity contribution in [3.8, 4) is 0 Å². The second-order valence-electron chi connectivity index (χ2n) is 3.12. The van der Waals surface area contributed by atoms with Crippen LogP contribution in [-0.4, -0.2) is 0 Å². The molecular formula is C10H22. The highest BCUT2D eigenvalue weighted by atomic mass is 14.0. The van der Waals surface area contributed by atoms with Crippen LogP contribution in [-0.2, 0) is 0 Å². The third kappa shape index (κ3) is 8.00. The Kier molecular flexibility index (Phi) is 9.00. The Morgan fingerprint density at radius 2 is 1.00 bits per heavy atom. The molecule has 0 aromatic heterocycles. The molecule has 0 heterocycles. The van der Waals surface area contributed by atoms with Crippen molar-refractivity contribution >= 4 is 0 Å². The Morgan fingerprint density at radius 1 is 0.700 bits per heavy atom. The highest BCUT2D eigenvalue weighted by molar-refractivity contribution is 4.51. The lowest BCUT2D eigenvalue weighted by Crippen LogP contribution is -1.59. The van der Waals surface area contributed by atoms with Gasteiger partial charge in [-0.3, -0.25) is 0 Å². The molecule has 0 N–H and O–H groups in total. The van der Waals surface area contributed by atoms with Gasteiger partial charge < -0.3 is 0 Å². The first-order valence-electron chi connectivity index (χ1n) is 4.91. The van der Waals surface area contributed by atoms with Crippen LogP contribution in [0.1, 0.15) is 65.2 Å². The van der Waals surface area contributed by atoms with Crippen molar-refractivity contribution < 1.29 is 0 Å². The minimum Gasteiger partial charge on any atom is -0.0654 e. The van der Waals surface area contributed by atoms with E-state index in [9.17, 15) is 0 Å². The summed E-state index contributed by atoms with van der Waals surface area (Å²) in [5.41, 5.74) is 0. The Balaban J connectivity index is 0.000000162. The van der Waals surface area contributed by atoms with E-state index in [0.717, 1.165) is 0 Å². The van der Waals surface area contributed by atoms with Crippen LogP contribution < -0.4 is 0 Å². The van der Waals surface area contributed by atoms with Gasteiger partial charge in [0, 0.05) is 0 Å². The minimum atomic E-state index is 1.34. The van der Waals surface area contributed by atoms with Gasteiger partial charge in [-0.15, -0.1) is 0 Å². The normalized spacial score (nSPS) is 16.2. The molecule has 0 nitrogen and oxygen atoms in total. The van der Waals surface area contributed by atoms with Crippen LogP contribution in [0.3, 0.4) is 0 Å². The summed E-state index contributed by atoms with van der Waals surface area (Å²) >= 11 is 0. The fourth-order valence-corrected chi connectivity index (χ4v) is 1.24. The van der Waals surface area contributed by atoms with E-state index < -0.39 is 0 Å². The van der Waals surface area contributed by atoms with Crippen molar-refractivity contribution in [3.63, 3.8) is 0 Å². The summed E-state index contributed by atoms with van der Waals surface area (Å²) in [4.78, 5) is 0. The van der Waals surface area contributed by atoms with Crippen molar-refractivity contribution in [2.24, 2.45) is 0 Å². The van der Waals surface area contributed by atoms with E-state index in [1.807, 2.05) is 0 Å². The second kappa shape index (κ2) is 9.00. The zero-order chi connectivity index (χ0) is 7.66. The quantitative estimate of drug-likeness (QED) is 0.543. The Morgan fingerprint density at radius 3 is 1.10 bits per heavy atom. The molecule has 0 radical (unpaired) electrons. The zero-order valence-corrected chi connectivity index (χ0v) is 7.66. The molecule has 0 heteroatoms. The molecule has 0 atom stereocenters. The fraction of sp³-hybridized carbons (Fsp3) is 1.00. The minimum absolute atomic E-state index is 1.34. The first-order valence-corrected chi connectivity index (χ1v) is 4.91. The Labute approximate surface area is 66.0 Å². The molecule has 10 heavy (non-hydrogen) atoms. The molecule has 0 saturated heterocycles. The van der Waals surface area contributed by atoms with Crippen molar-refractivity contribution in [3.05, 3.63) is 0 Å². The zero-order valence-electron chi connectivity index (χ0n) is 7.66. The van der Waals surface area contributed by atoms with Crippen molar-refractivity contribution in [1.29, 1.82) is 0 Å². The molecule has 0 amide bonds. The molecule has 0 spiro atoms. The molecule has 0 aliphatic heterocycles. The molecule has 62 valence electrons. The van der Waals surface area contributed by atoms with Gasteiger partial charge in [0.05, 0.1) is 0 Å². The van der Waals surface area contributed by atoms with Gasteiger partial charge in [-0.1, -0.05) is 65.2 Å². The molecule has 0 unspecified atom stereocenters. The number of rotatable bonds is 2. The molecule has 1 fully saturated rings. The van der Waals surface area contributed by atoms with E-state index >= 15 is 0 Å². The molecule has 0 bridgehead atoms. The van der Waals surface area contributed by atoms with Gasteiger partial charge in [-0.05, 0) is 0 Å². The smallest absolute Gasteiger partial charge is 0.0533 e. The summed E-state index contributed by atoms with van der Waals surface area (Å²) < 4.78 is 0. The van der Waals surface area contributed by atoms with Gasteiger partial charge in [0.1, 0.15) is 0 Å². The highest BCUT2D eigenvalue weighted by Gasteiger charge is 1.95. The van der Waals surface area contributed by atoms with E-state index in [-0.39, 0.29) is 0 Å². The summed E-state index contributed by atoms with van der Waals surface area (Å²) in [5.74, 6) is 0. The van der Waals surface area contributed by atoms with Gasteiger partial charge in [0.15, 0.2) is 0 Å². The topological polar surface area (TPSA) is 0 Å². The van der Waals surface area contributed by atoms with Gasteiger partial charge in [-0.2, -0.15) is 0 Å². The largest absolute Gasteiger partial charge is 0.0654 e. The maximum atomic E-state index is 2.21. The van der Waals surface area contributed by atoms with Gasteiger partial charge >= 0.3 is 0 Å². The number of hydrogen-bond acceptors (Lipinski definition) is 0. The summed E-state index contributed by atoms with van der Waals surface area (Å²) in [7, 11) is 0. The highest BCUT2D eigenvalue weighted by Crippen LogP contribution is 2.15. The number of hydrogen-bond donors (Lipinski definition) is 0. The van der Waals surface area contributed by atoms with Crippen LogP contribution >= 0.6 is 0 Å². The average molecular weight is 142 g/mol. The number of unbranched alkanes of at least 4 members (excludes halogenated alkanes) is 2. The van der Waals surface area contributed by atoms with Crippen molar-refractivity contribution in [2.75, 3.05) is 0 Å². The molecule has 1 saturated carbocycles. The molecule has 1 rings (SSSR count). The van der Waals surface area contributed by atoms with E-state index in [4.69, 9.17) is 0 Å². The molecule has 1 aliphatic rings. The maximum Gasteiger partial charge on any atom is -0.0533 e. The summed E-state index contributed by atoms with van der Waals surface area (Å²) in [6.45, 7) is 4.42. The van der Waals surface area contributed by atoms with E-state index in [2.05, 4.69) is 13.8 Å². The maximum absolute atomic E-state index is 2.21. The molecular weight excluding hydrogens is 120 g/mol. The summed E-state index contributed by atoms with van der Waals surface area (Å²) in [6.07, 6.45) is 11.6. The monoisotopic (exact) mass is 142 g/mol. The van der Waals surface area contributed by atoms with E-state index in [1.165, 1.54) is 51.4 Å². The predicted octanol–water partition coefficient (Wildman–Crippen LogP) is 4.15. The molecule has 0 aromatic carbocycles. The van der Waals surface area contributed by atoms with Crippen LogP contribution in [0, 0.1) is 0 Å². The fourth-order valence-electron chi connectivity index (χ4n) is 1.24. The molecule has 0 aromatic rings. The van der Waals surface area contributed by atoms with Crippen LogP contribution in [0.2, 0.25) is 0 Å². The lowest BCUT2D eigenvalue weighted by molar-refractivity contribution is 0.772. The third-order valence-electron chi connectivity index (χ3n) is 1.96. The van der Waals surface area contributed by atoms with Crippen molar-refractivity contribution in [1.82, 2.24) is 0 Å². The summed E-state index contributed by atoms with van der Waals surface area (Å²) in [6, 6.07) is 0.